The lowest BCUT2D eigenvalue weighted by atomic mass is 9.95. The van der Waals surface area contributed by atoms with Crippen molar-refractivity contribution in [2.24, 2.45) is 23.2 Å². The molecule has 0 aromatic heterocycles. The van der Waals surface area contributed by atoms with Crippen molar-refractivity contribution in [2.75, 3.05) is 26.2 Å². The number of carbonyl (C=O) groups excluding carboxylic acids is 5. The molecule has 0 aromatic carbocycles. The number of Topliss-reactive ketones (excluding diaryl/α,β-unsaturated/α-hetero) is 1. The molecule has 1 aliphatic carbocycles. The number of ether oxygens (including phenoxy) is 1. The number of fused-ring (bicyclic) bond motifs is 1. The molecule has 3 fully saturated rings. The van der Waals surface area contributed by atoms with Gasteiger partial charge in [-0.1, -0.05) is 13.8 Å². The van der Waals surface area contributed by atoms with Gasteiger partial charge in [0.05, 0.1) is 12.6 Å². The second-order valence-corrected chi connectivity index (χ2v) is 9.73. The van der Waals surface area contributed by atoms with Gasteiger partial charge in [0.1, 0.15) is 12.6 Å². The molecule has 3 N–H and O–H groups in total. The summed E-state index contributed by atoms with van der Waals surface area (Å²) in [6.07, 6.45) is -7.98. The standard InChI is InChI=1S/C21H27F5N4O6/c1-20(2)10-7-30(19(35)18(34)28-6-13(22)23)15(14(10)20)17(33)29-11(5-9-3-4-27-16(9)32)12(31)8-36-21(24,25)26/h9-11,13-15H,3-8H2,1-2H3,(H,27,32)(H,28,34)(H,29,33)/t9-,10-,11-,14-,15-/m0/s1. The summed E-state index contributed by atoms with van der Waals surface area (Å²) in [5.74, 6) is -6.35. The molecular weight excluding hydrogens is 499 g/mol. The molecule has 3 rings (SSSR count). The Labute approximate surface area is 202 Å². The van der Waals surface area contributed by atoms with Crippen LogP contribution in [0.3, 0.4) is 0 Å². The van der Waals surface area contributed by atoms with Gasteiger partial charge in [-0.25, -0.2) is 8.78 Å². The number of halogens is 5. The van der Waals surface area contributed by atoms with Gasteiger partial charge in [0.2, 0.25) is 11.8 Å². The van der Waals surface area contributed by atoms with Crippen molar-refractivity contribution < 1.29 is 50.7 Å². The Morgan fingerprint density at radius 2 is 1.89 bits per heavy atom. The number of likely N-dealkylation sites (tertiary alicyclic amines) is 1. The van der Waals surface area contributed by atoms with Gasteiger partial charge >= 0.3 is 18.2 Å². The van der Waals surface area contributed by atoms with Crippen molar-refractivity contribution in [3.8, 4) is 0 Å². The van der Waals surface area contributed by atoms with Crippen LogP contribution in [0, 0.1) is 23.2 Å². The van der Waals surface area contributed by atoms with Crippen molar-refractivity contribution in [3.05, 3.63) is 0 Å². The topological polar surface area (TPSA) is 134 Å². The first kappa shape index (κ1) is 27.7. The Bertz CT molecular complexity index is 927. The van der Waals surface area contributed by atoms with Crippen LogP contribution in [-0.4, -0.2) is 85.4 Å². The third-order valence-corrected chi connectivity index (χ3v) is 7.12. The highest BCUT2D eigenvalue weighted by Gasteiger charge is 2.69. The van der Waals surface area contributed by atoms with Gasteiger partial charge in [-0.15, -0.1) is 13.2 Å². The maximum atomic E-state index is 13.3. The van der Waals surface area contributed by atoms with E-state index >= 15 is 0 Å². The molecule has 0 bridgehead atoms. The molecule has 3 aliphatic rings. The minimum Gasteiger partial charge on any atom is -0.356 e. The number of nitrogens with zero attached hydrogens (tertiary/aromatic N) is 1. The van der Waals surface area contributed by atoms with E-state index in [1.165, 1.54) is 0 Å². The maximum absolute atomic E-state index is 13.3. The molecule has 2 aliphatic heterocycles. The Morgan fingerprint density at radius 3 is 2.44 bits per heavy atom. The van der Waals surface area contributed by atoms with E-state index in [9.17, 15) is 45.9 Å². The quantitative estimate of drug-likeness (QED) is 0.285. The van der Waals surface area contributed by atoms with E-state index in [1.807, 2.05) is 13.8 Å². The number of nitrogens with one attached hydrogen (secondary N) is 3. The highest BCUT2D eigenvalue weighted by atomic mass is 19.4. The number of carbonyl (C=O) groups is 5. The van der Waals surface area contributed by atoms with E-state index in [4.69, 9.17) is 0 Å². The van der Waals surface area contributed by atoms with Crippen LogP contribution in [0.4, 0.5) is 22.0 Å². The molecule has 0 aromatic rings. The highest BCUT2D eigenvalue weighted by molar-refractivity contribution is 6.35. The van der Waals surface area contributed by atoms with E-state index in [2.05, 4.69) is 15.4 Å². The van der Waals surface area contributed by atoms with Gasteiger partial charge in [0.25, 0.3) is 6.43 Å². The largest absolute Gasteiger partial charge is 0.522 e. The van der Waals surface area contributed by atoms with Gasteiger partial charge in [0.15, 0.2) is 5.78 Å². The van der Waals surface area contributed by atoms with E-state index in [1.54, 1.807) is 5.32 Å². The fourth-order valence-electron chi connectivity index (χ4n) is 5.11. The molecule has 0 spiro atoms. The van der Waals surface area contributed by atoms with Gasteiger partial charge < -0.3 is 20.9 Å². The SMILES string of the molecule is CC1(C)[C@@H]2[C@@H](C(=O)N[C@@H](C[C@@H]3CCNC3=O)C(=O)COC(F)(F)F)N(C(=O)C(=O)NCC(F)F)C[C@@H]21. The van der Waals surface area contributed by atoms with Crippen molar-refractivity contribution in [3.63, 3.8) is 0 Å². The van der Waals surface area contributed by atoms with Crippen molar-refractivity contribution in [1.82, 2.24) is 20.9 Å². The van der Waals surface area contributed by atoms with Crippen LogP contribution in [-0.2, 0) is 28.7 Å². The number of amides is 4. The molecule has 202 valence electrons. The molecule has 10 nitrogen and oxygen atoms in total. The van der Waals surface area contributed by atoms with Crippen LogP contribution in [0.25, 0.3) is 0 Å². The van der Waals surface area contributed by atoms with Crippen LogP contribution in [0.5, 0.6) is 0 Å². The number of hydrogen-bond acceptors (Lipinski definition) is 6. The monoisotopic (exact) mass is 526 g/mol. The summed E-state index contributed by atoms with van der Waals surface area (Å²) < 4.78 is 65.8. The van der Waals surface area contributed by atoms with Crippen LogP contribution in [0.15, 0.2) is 0 Å². The summed E-state index contributed by atoms with van der Waals surface area (Å²) in [5, 5.41) is 6.66. The Morgan fingerprint density at radius 1 is 1.22 bits per heavy atom. The van der Waals surface area contributed by atoms with E-state index in [-0.39, 0.29) is 18.9 Å². The van der Waals surface area contributed by atoms with Gasteiger partial charge in [-0.2, -0.15) is 0 Å². The van der Waals surface area contributed by atoms with Gasteiger partial charge in [0, 0.05) is 19.0 Å². The lowest BCUT2D eigenvalue weighted by molar-refractivity contribution is -0.321. The number of ketones is 1. The molecule has 5 atom stereocenters. The first-order valence-electron chi connectivity index (χ1n) is 11.3. The molecule has 0 radical (unpaired) electrons. The highest BCUT2D eigenvalue weighted by Crippen LogP contribution is 2.64. The summed E-state index contributed by atoms with van der Waals surface area (Å²) in [6.45, 7) is 1.47. The second kappa shape index (κ2) is 10.3. The predicted octanol–water partition coefficient (Wildman–Crippen LogP) is -0.0328. The average Bonchev–Trinajstić information content (AvgIpc) is 3.13. The molecule has 2 saturated heterocycles. The van der Waals surface area contributed by atoms with E-state index < -0.39 is 84.7 Å². The second-order valence-electron chi connectivity index (χ2n) is 9.73. The van der Waals surface area contributed by atoms with Crippen LogP contribution >= 0.6 is 0 Å². The summed E-state index contributed by atoms with van der Waals surface area (Å²) in [6, 6.07) is -2.79. The van der Waals surface area contributed by atoms with Crippen LogP contribution < -0.4 is 16.0 Å². The first-order chi connectivity index (χ1) is 16.6. The lowest BCUT2D eigenvalue weighted by Crippen LogP contribution is -2.56. The zero-order valence-electron chi connectivity index (χ0n) is 19.5. The minimum absolute atomic E-state index is 0.0164. The van der Waals surface area contributed by atoms with E-state index in [0.717, 1.165) is 4.90 Å². The lowest BCUT2D eigenvalue weighted by Gasteiger charge is -2.31. The minimum atomic E-state index is -5.10. The molecule has 15 heteroatoms. The normalized spacial score (nSPS) is 27.3. The molecular formula is C21H27F5N4O6. The fourth-order valence-corrected chi connectivity index (χ4v) is 5.11. The zero-order valence-corrected chi connectivity index (χ0v) is 19.5. The van der Waals surface area contributed by atoms with E-state index in [0.29, 0.717) is 13.0 Å². The van der Waals surface area contributed by atoms with Crippen molar-refractivity contribution in [1.29, 1.82) is 0 Å². The first-order valence-corrected chi connectivity index (χ1v) is 11.3. The third-order valence-electron chi connectivity index (χ3n) is 7.12. The van der Waals surface area contributed by atoms with Crippen molar-refractivity contribution >= 4 is 29.4 Å². The summed E-state index contributed by atoms with van der Waals surface area (Å²) in [7, 11) is 0. The molecule has 36 heavy (non-hydrogen) atoms. The number of piperidine rings is 1. The smallest absolute Gasteiger partial charge is 0.356 e. The van der Waals surface area contributed by atoms with Gasteiger partial charge in [-0.05, 0) is 30.1 Å². The third kappa shape index (κ3) is 6.10. The summed E-state index contributed by atoms with van der Waals surface area (Å²) in [4.78, 5) is 63.4. The fraction of sp³-hybridized carbons (Fsp3) is 0.762. The van der Waals surface area contributed by atoms with Crippen LogP contribution in [0.1, 0.15) is 26.7 Å². The molecule has 0 unspecified atom stereocenters. The Balaban J connectivity index is 1.76. The van der Waals surface area contributed by atoms with Crippen LogP contribution in [0.2, 0.25) is 0 Å². The molecule has 4 amide bonds. The summed E-state index contributed by atoms with van der Waals surface area (Å²) in [5.41, 5.74) is -0.414. The zero-order chi connectivity index (χ0) is 27.0. The Hall–Kier alpha value is -2.84. The molecule has 2 heterocycles. The number of hydrogen-bond donors (Lipinski definition) is 3. The number of alkyl halides is 5. The predicted molar refractivity (Wildman–Crippen MR) is 110 cm³/mol. The summed E-state index contributed by atoms with van der Waals surface area (Å²) >= 11 is 0. The number of rotatable bonds is 9. The van der Waals surface area contributed by atoms with Gasteiger partial charge in [-0.3, -0.25) is 28.7 Å². The van der Waals surface area contributed by atoms with Crippen molar-refractivity contribution in [2.45, 2.75) is 51.6 Å². The maximum Gasteiger partial charge on any atom is 0.522 e. The average molecular weight is 526 g/mol. The molecule has 1 saturated carbocycles. The Kier molecular flexibility index (Phi) is 7.91.